The van der Waals surface area contributed by atoms with Crippen molar-refractivity contribution in [2.24, 2.45) is 5.14 Å². The monoisotopic (exact) mass is 498 g/mol. The molecule has 34 heavy (non-hydrogen) atoms. The fraction of sp³-hybridized carbons (Fsp3) is 0.136. The summed E-state index contributed by atoms with van der Waals surface area (Å²) in [7, 11) is -2.85. The summed E-state index contributed by atoms with van der Waals surface area (Å²) in [5, 5.41) is 17.3. The highest BCUT2D eigenvalue weighted by atomic mass is 32.2. The molecule has 180 valence electrons. The number of carbonyl (C=O) groups excluding carboxylic acids is 1. The number of halogens is 4. The molecule has 0 heterocycles. The molecule has 0 atom stereocenters. The lowest BCUT2D eigenvalue weighted by Crippen LogP contribution is -2.15. The topological polar surface area (TPSA) is 119 Å². The van der Waals surface area contributed by atoms with Crippen LogP contribution in [-0.2, 0) is 22.8 Å². The average Bonchev–Trinajstić information content (AvgIpc) is 2.77. The Balaban J connectivity index is 1.96. The molecule has 0 fully saturated rings. The average molecular weight is 498 g/mol. The molecule has 1 amide bonds. The van der Waals surface area contributed by atoms with Crippen molar-refractivity contribution < 1.29 is 40.6 Å². The lowest BCUT2D eigenvalue weighted by molar-refractivity contribution is -0.137. The third kappa shape index (κ3) is 5.35. The largest absolute Gasteiger partial charge is 0.495 e. The summed E-state index contributed by atoms with van der Waals surface area (Å²) >= 11 is 0. The van der Waals surface area contributed by atoms with E-state index in [0.717, 1.165) is 18.2 Å². The summed E-state index contributed by atoms with van der Waals surface area (Å²) < 4.78 is 81.8. The number of anilines is 1. The van der Waals surface area contributed by atoms with Crippen LogP contribution in [-0.4, -0.2) is 26.5 Å². The van der Waals surface area contributed by atoms with Crippen LogP contribution in [0.3, 0.4) is 0 Å². The third-order valence-corrected chi connectivity index (χ3v) is 5.79. The van der Waals surface area contributed by atoms with Crippen LogP contribution in [0.1, 0.15) is 21.5 Å². The summed E-state index contributed by atoms with van der Waals surface area (Å²) in [6.45, 7) is -0.692. The molecular weight excluding hydrogens is 480 g/mol. The number of hydrogen-bond acceptors (Lipinski definition) is 5. The molecule has 0 bridgehead atoms. The highest BCUT2D eigenvalue weighted by Gasteiger charge is 2.34. The first-order valence-electron chi connectivity index (χ1n) is 9.48. The Morgan fingerprint density at radius 3 is 2.32 bits per heavy atom. The zero-order valence-corrected chi connectivity index (χ0v) is 18.3. The molecule has 0 aliphatic rings. The predicted octanol–water partition coefficient (Wildman–Crippen LogP) is 3.91. The van der Waals surface area contributed by atoms with Crippen LogP contribution >= 0.6 is 0 Å². The van der Waals surface area contributed by atoms with Gasteiger partial charge in [0.05, 0.1) is 19.3 Å². The van der Waals surface area contributed by atoms with Crippen LogP contribution in [0.5, 0.6) is 5.75 Å². The van der Waals surface area contributed by atoms with Crippen LogP contribution in [0.15, 0.2) is 59.5 Å². The number of amides is 1. The van der Waals surface area contributed by atoms with Gasteiger partial charge in [-0.15, -0.1) is 0 Å². The number of primary sulfonamides is 1. The van der Waals surface area contributed by atoms with Crippen molar-refractivity contribution in [1.82, 2.24) is 0 Å². The molecule has 0 saturated heterocycles. The number of methoxy groups -OCH3 is 1. The van der Waals surface area contributed by atoms with Gasteiger partial charge in [-0.1, -0.05) is 12.1 Å². The molecule has 3 aromatic carbocycles. The Labute approximate surface area is 191 Å². The smallest absolute Gasteiger partial charge is 0.417 e. The molecule has 3 aromatic rings. The van der Waals surface area contributed by atoms with Crippen molar-refractivity contribution in [3.63, 3.8) is 0 Å². The first kappa shape index (κ1) is 25.1. The van der Waals surface area contributed by atoms with Crippen LogP contribution in [0.4, 0.5) is 23.2 Å². The van der Waals surface area contributed by atoms with Crippen molar-refractivity contribution in [2.75, 3.05) is 12.4 Å². The molecule has 12 heteroatoms. The van der Waals surface area contributed by atoms with Crippen molar-refractivity contribution in [3.8, 4) is 16.9 Å². The quantitative estimate of drug-likeness (QED) is 0.446. The summed E-state index contributed by atoms with van der Waals surface area (Å²) in [5.74, 6) is -1.87. The van der Waals surface area contributed by atoms with E-state index in [1.54, 1.807) is 0 Å². The number of alkyl halides is 3. The second-order valence-electron chi connectivity index (χ2n) is 7.08. The van der Waals surface area contributed by atoms with Crippen LogP contribution in [0, 0.1) is 5.82 Å². The lowest BCUT2D eigenvalue weighted by Gasteiger charge is -2.16. The summed E-state index contributed by atoms with van der Waals surface area (Å²) in [6.07, 6.45) is -4.84. The van der Waals surface area contributed by atoms with Crippen molar-refractivity contribution in [2.45, 2.75) is 17.7 Å². The Kier molecular flexibility index (Phi) is 6.96. The minimum Gasteiger partial charge on any atom is -0.495 e. The molecule has 7 nitrogen and oxygen atoms in total. The molecule has 4 N–H and O–H groups in total. The number of nitrogens with two attached hydrogens (primary N) is 1. The minimum atomic E-state index is -4.84. The molecule has 3 rings (SSSR count). The normalized spacial score (nSPS) is 11.9. The van der Waals surface area contributed by atoms with Gasteiger partial charge in [-0.25, -0.2) is 17.9 Å². The van der Waals surface area contributed by atoms with E-state index in [1.165, 1.54) is 37.4 Å². The van der Waals surface area contributed by atoms with Gasteiger partial charge < -0.3 is 15.2 Å². The number of sulfonamides is 1. The van der Waals surface area contributed by atoms with Crippen LogP contribution < -0.4 is 15.2 Å². The zero-order chi connectivity index (χ0) is 25.3. The van der Waals surface area contributed by atoms with Crippen molar-refractivity contribution in [3.05, 3.63) is 77.1 Å². The predicted molar refractivity (Wildman–Crippen MR) is 115 cm³/mol. The number of nitrogens with one attached hydrogen (secondary N) is 1. The first-order chi connectivity index (χ1) is 15.8. The Hall–Kier alpha value is -3.48. The SMILES string of the molecule is COc1cc(NC(=O)c2ccc(-c3ccc(F)cc3C(F)(F)F)c(CO)c2)ccc1S(N)(=O)=O. The highest BCUT2D eigenvalue weighted by molar-refractivity contribution is 7.89. The number of aliphatic hydroxyl groups is 1. The first-order valence-corrected chi connectivity index (χ1v) is 11.0. The Morgan fingerprint density at radius 2 is 1.74 bits per heavy atom. The molecule has 0 radical (unpaired) electrons. The lowest BCUT2D eigenvalue weighted by atomic mass is 9.93. The van der Waals surface area contributed by atoms with Crippen LogP contribution in [0.25, 0.3) is 11.1 Å². The van der Waals surface area contributed by atoms with Gasteiger partial charge in [0.15, 0.2) is 0 Å². The number of benzene rings is 3. The number of aliphatic hydroxyl groups excluding tert-OH is 1. The highest BCUT2D eigenvalue weighted by Crippen LogP contribution is 2.39. The molecule has 0 saturated carbocycles. The maximum atomic E-state index is 13.4. The second kappa shape index (κ2) is 9.41. The van der Waals surface area contributed by atoms with Crippen molar-refractivity contribution >= 4 is 21.6 Å². The van der Waals surface area contributed by atoms with Gasteiger partial charge >= 0.3 is 6.18 Å². The summed E-state index contributed by atoms with van der Waals surface area (Å²) in [4.78, 5) is 12.4. The zero-order valence-electron chi connectivity index (χ0n) is 17.5. The Bertz CT molecular complexity index is 1360. The van der Waals surface area contributed by atoms with Gasteiger partial charge in [0.2, 0.25) is 10.0 Å². The summed E-state index contributed by atoms with van der Waals surface area (Å²) in [5.41, 5.74) is -1.44. The standard InChI is InChI=1S/C22H18F4N2O5S/c1-33-19-10-15(4-7-20(19)34(27,31)32)28-21(30)12-2-5-16(13(8-12)11-29)17-6-3-14(23)9-18(17)22(24,25)26/h2-10,29H,11H2,1H3,(H,28,30)(H2,27,31,32). The number of carbonyl (C=O) groups is 1. The van der Waals surface area contributed by atoms with E-state index >= 15 is 0 Å². The molecule has 0 spiro atoms. The van der Waals surface area contributed by atoms with E-state index in [-0.39, 0.29) is 38.6 Å². The molecule has 0 unspecified atom stereocenters. The molecule has 0 aliphatic heterocycles. The fourth-order valence-corrected chi connectivity index (χ4v) is 3.98. The molecule has 0 aromatic heterocycles. The maximum absolute atomic E-state index is 13.4. The van der Waals surface area contributed by atoms with Crippen molar-refractivity contribution in [1.29, 1.82) is 0 Å². The van der Waals surface area contributed by atoms with Gasteiger partial charge in [-0.05, 0) is 53.1 Å². The maximum Gasteiger partial charge on any atom is 0.417 e. The van der Waals surface area contributed by atoms with E-state index in [0.29, 0.717) is 6.07 Å². The van der Waals surface area contributed by atoms with E-state index in [9.17, 15) is 35.9 Å². The van der Waals surface area contributed by atoms with Gasteiger partial charge in [0, 0.05) is 17.3 Å². The van der Waals surface area contributed by atoms with E-state index in [1.807, 2.05) is 0 Å². The minimum absolute atomic E-state index is 0.00189. The van der Waals surface area contributed by atoms with E-state index < -0.39 is 40.1 Å². The molecular formula is C22H18F4N2O5S. The number of hydrogen-bond donors (Lipinski definition) is 3. The van der Waals surface area contributed by atoms with Gasteiger partial charge in [0.1, 0.15) is 16.5 Å². The number of rotatable bonds is 6. The number of ether oxygens (including phenoxy) is 1. The van der Waals surface area contributed by atoms with E-state index in [4.69, 9.17) is 9.88 Å². The fourth-order valence-electron chi connectivity index (χ4n) is 3.30. The van der Waals surface area contributed by atoms with Gasteiger partial charge in [-0.2, -0.15) is 13.2 Å². The van der Waals surface area contributed by atoms with Gasteiger partial charge in [0.25, 0.3) is 5.91 Å². The summed E-state index contributed by atoms with van der Waals surface area (Å²) in [6, 6.07) is 9.47. The second-order valence-corrected chi connectivity index (χ2v) is 8.61. The van der Waals surface area contributed by atoms with E-state index in [2.05, 4.69) is 5.32 Å². The third-order valence-electron chi connectivity index (χ3n) is 4.84. The van der Waals surface area contributed by atoms with Crippen LogP contribution in [0.2, 0.25) is 0 Å². The Morgan fingerprint density at radius 1 is 1.06 bits per heavy atom. The van der Waals surface area contributed by atoms with Gasteiger partial charge in [-0.3, -0.25) is 4.79 Å². The molecule has 0 aliphatic carbocycles.